The van der Waals surface area contributed by atoms with Crippen LogP contribution in [-0.4, -0.2) is 18.8 Å². The molecule has 0 radical (unpaired) electrons. The van der Waals surface area contributed by atoms with Gasteiger partial charge in [0.1, 0.15) is 11.6 Å². The normalized spacial score (nSPS) is 10.3. The van der Waals surface area contributed by atoms with E-state index in [2.05, 4.69) is 21.2 Å². The number of carbonyl (C=O) groups is 1. The Morgan fingerprint density at radius 1 is 1.32 bits per heavy atom. The van der Waals surface area contributed by atoms with Crippen molar-refractivity contribution in [2.45, 2.75) is 5.75 Å². The number of amides is 1. The number of carbonyl (C=O) groups excluding carboxylic acids is 1. The minimum Gasteiger partial charge on any atom is -0.495 e. The first-order chi connectivity index (χ1) is 10.6. The maximum atomic E-state index is 13.7. The van der Waals surface area contributed by atoms with Crippen LogP contribution in [0.1, 0.15) is 5.56 Å². The van der Waals surface area contributed by atoms with Gasteiger partial charge in [0, 0.05) is 10.2 Å². The molecule has 0 spiro atoms. The van der Waals surface area contributed by atoms with Crippen LogP contribution in [0, 0.1) is 5.82 Å². The van der Waals surface area contributed by atoms with Crippen LogP contribution in [0.25, 0.3) is 0 Å². The highest BCUT2D eigenvalue weighted by molar-refractivity contribution is 9.10. The van der Waals surface area contributed by atoms with Gasteiger partial charge in [-0.3, -0.25) is 4.79 Å². The molecule has 22 heavy (non-hydrogen) atoms. The van der Waals surface area contributed by atoms with Crippen LogP contribution < -0.4 is 10.1 Å². The minimum absolute atomic E-state index is 0.146. The molecule has 1 N–H and O–H groups in total. The van der Waals surface area contributed by atoms with E-state index in [1.54, 1.807) is 31.4 Å². The monoisotopic (exact) mass is 383 g/mol. The van der Waals surface area contributed by atoms with E-state index >= 15 is 0 Å². The van der Waals surface area contributed by atoms with Crippen LogP contribution in [0.4, 0.5) is 10.1 Å². The average molecular weight is 384 g/mol. The first kappa shape index (κ1) is 16.8. The molecule has 2 rings (SSSR count). The molecule has 2 aromatic rings. The van der Waals surface area contributed by atoms with Gasteiger partial charge < -0.3 is 10.1 Å². The van der Waals surface area contributed by atoms with Crippen LogP contribution in [0.15, 0.2) is 46.9 Å². The highest BCUT2D eigenvalue weighted by Crippen LogP contribution is 2.24. The summed E-state index contributed by atoms with van der Waals surface area (Å²) in [7, 11) is 1.55. The SMILES string of the molecule is COc1ccccc1NC(=O)CSCc1ccc(Br)cc1F. The largest absolute Gasteiger partial charge is 0.495 e. The van der Waals surface area contributed by atoms with Crippen molar-refractivity contribution in [1.82, 2.24) is 0 Å². The molecule has 6 heteroatoms. The summed E-state index contributed by atoms with van der Waals surface area (Å²) in [5, 5.41) is 2.79. The van der Waals surface area contributed by atoms with E-state index in [9.17, 15) is 9.18 Å². The average Bonchev–Trinajstić information content (AvgIpc) is 2.50. The Morgan fingerprint density at radius 3 is 2.82 bits per heavy atom. The lowest BCUT2D eigenvalue weighted by molar-refractivity contribution is -0.113. The summed E-state index contributed by atoms with van der Waals surface area (Å²) in [4.78, 5) is 11.9. The number of ether oxygens (including phenoxy) is 1. The summed E-state index contributed by atoms with van der Waals surface area (Å²) in [5.74, 6) is 0.880. The summed E-state index contributed by atoms with van der Waals surface area (Å²) in [5.41, 5.74) is 1.21. The van der Waals surface area contributed by atoms with E-state index in [0.29, 0.717) is 27.2 Å². The van der Waals surface area contributed by atoms with Crippen molar-refractivity contribution < 1.29 is 13.9 Å². The van der Waals surface area contributed by atoms with Gasteiger partial charge in [-0.15, -0.1) is 11.8 Å². The number of anilines is 1. The lowest BCUT2D eigenvalue weighted by Crippen LogP contribution is -2.14. The standard InChI is InChI=1S/C16H15BrFNO2S/c1-21-15-5-3-2-4-14(15)19-16(20)10-22-9-11-6-7-12(17)8-13(11)18/h2-8H,9-10H2,1H3,(H,19,20). The van der Waals surface area contributed by atoms with Gasteiger partial charge in [-0.1, -0.05) is 34.1 Å². The zero-order valence-corrected chi connectivity index (χ0v) is 14.3. The number of para-hydroxylation sites is 2. The second kappa shape index (κ2) is 8.19. The van der Waals surface area contributed by atoms with Crippen molar-refractivity contribution in [2.75, 3.05) is 18.2 Å². The quantitative estimate of drug-likeness (QED) is 0.799. The Kier molecular flexibility index (Phi) is 6.27. The van der Waals surface area contributed by atoms with E-state index < -0.39 is 0 Å². The molecule has 116 valence electrons. The first-order valence-corrected chi connectivity index (χ1v) is 8.49. The molecule has 0 bridgehead atoms. The van der Waals surface area contributed by atoms with Crippen LogP contribution in [0.2, 0.25) is 0 Å². The number of thioether (sulfide) groups is 1. The molecule has 2 aromatic carbocycles. The predicted molar refractivity (Wildman–Crippen MR) is 91.9 cm³/mol. The minimum atomic E-state index is -0.271. The zero-order valence-electron chi connectivity index (χ0n) is 11.9. The van der Waals surface area contributed by atoms with Gasteiger partial charge in [-0.25, -0.2) is 4.39 Å². The van der Waals surface area contributed by atoms with Gasteiger partial charge in [-0.05, 0) is 29.8 Å². The smallest absolute Gasteiger partial charge is 0.234 e. The van der Waals surface area contributed by atoms with E-state index in [0.717, 1.165) is 0 Å². The number of benzene rings is 2. The highest BCUT2D eigenvalue weighted by atomic mass is 79.9. The van der Waals surface area contributed by atoms with Gasteiger partial charge in [0.05, 0.1) is 18.6 Å². The molecule has 0 aromatic heterocycles. The maximum Gasteiger partial charge on any atom is 0.234 e. The number of nitrogens with one attached hydrogen (secondary N) is 1. The Labute approximate surface area is 141 Å². The Hall–Kier alpha value is -1.53. The fourth-order valence-corrected chi connectivity index (χ4v) is 2.97. The zero-order chi connectivity index (χ0) is 15.9. The number of rotatable bonds is 6. The van der Waals surface area contributed by atoms with Crippen molar-refractivity contribution >= 4 is 39.3 Å². The van der Waals surface area contributed by atoms with Gasteiger partial charge >= 0.3 is 0 Å². The van der Waals surface area contributed by atoms with E-state index in [1.807, 2.05) is 12.1 Å². The molecule has 0 saturated heterocycles. The number of hydrogen-bond acceptors (Lipinski definition) is 3. The van der Waals surface area contributed by atoms with Crippen LogP contribution in [-0.2, 0) is 10.5 Å². The van der Waals surface area contributed by atoms with E-state index in [1.165, 1.54) is 17.8 Å². The predicted octanol–water partition coefficient (Wildman–Crippen LogP) is 4.47. The van der Waals surface area contributed by atoms with Gasteiger partial charge in [0.15, 0.2) is 0 Å². The number of methoxy groups -OCH3 is 1. The molecule has 0 aliphatic carbocycles. The summed E-state index contributed by atoms with van der Waals surface area (Å²) < 4.78 is 19.5. The fourth-order valence-electron chi connectivity index (χ4n) is 1.83. The van der Waals surface area contributed by atoms with Crippen molar-refractivity contribution in [1.29, 1.82) is 0 Å². The highest BCUT2D eigenvalue weighted by Gasteiger charge is 2.08. The molecular weight excluding hydrogens is 369 g/mol. The Bertz CT molecular complexity index is 666. The molecule has 3 nitrogen and oxygen atoms in total. The third-order valence-electron chi connectivity index (χ3n) is 2.89. The van der Waals surface area contributed by atoms with E-state index in [4.69, 9.17) is 4.74 Å². The lowest BCUT2D eigenvalue weighted by Gasteiger charge is -2.09. The second-order valence-corrected chi connectivity index (χ2v) is 6.38. The van der Waals surface area contributed by atoms with Crippen molar-refractivity contribution in [3.05, 3.63) is 58.3 Å². The topological polar surface area (TPSA) is 38.3 Å². The van der Waals surface area contributed by atoms with Gasteiger partial charge in [0.25, 0.3) is 0 Å². The fraction of sp³-hybridized carbons (Fsp3) is 0.188. The Morgan fingerprint density at radius 2 is 2.09 bits per heavy atom. The first-order valence-electron chi connectivity index (χ1n) is 6.54. The second-order valence-electron chi connectivity index (χ2n) is 4.48. The molecule has 0 unspecified atom stereocenters. The summed E-state index contributed by atoms with van der Waals surface area (Å²) in [6, 6.07) is 12.1. The van der Waals surface area contributed by atoms with Gasteiger partial charge in [-0.2, -0.15) is 0 Å². The third-order valence-corrected chi connectivity index (χ3v) is 4.36. The van der Waals surface area contributed by atoms with Crippen LogP contribution in [0.5, 0.6) is 5.75 Å². The molecule has 1 amide bonds. The van der Waals surface area contributed by atoms with Crippen LogP contribution in [0.3, 0.4) is 0 Å². The molecule has 0 atom stereocenters. The lowest BCUT2D eigenvalue weighted by atomic mass is 10.2. The summed E-state index contributed by atoms with van der Waals surface area (Å²) in [6.07, 6.45) is 0. The molecule has 0 aliphatic rings. The van der Waals surface area contributed by atoms with E-state index in [-0.39, 0.29) is 17.5 Å². The number of hydrogen-bond donors (Lipinski definition) is 1. The third kappa shape index (κ3) is 4.74. The van der Waals surface area contributed by atoms with Crippen molar-refractivity contribution in [3.63, 3.8) is 0 Å². The summed E-state index contributed by atoms with van der Waals surface area (Å²) in [6.45, 7) is 0. The molecule has 0 aliphatic heterocycles. The maximum absolute atomic E-state index is 13.7. The van der Waals surface area contributed by atoms with Crippen molar-refractivity contribution in [2.24, 2.45) is 0 Å². The molecular formula is C16H15BrFNO2S. The molecule has 0 heterocycles. The Balaban J connectivity index is 1.85. The molecule has 0 fully saturated rings. The van der Waals surface area contributed by atoms with Gasteiger partial charge in [0.2, 0.25) is 5.91 Å². The van der Waals surface area contributed by atoms with Crippen molar-refractivity contribution in [3.8, 4) is 5.75 Å². The molecule has 0 saturated carbocycles. The van der Waals surface area contributed by atoms with Crippen LogP contribution >= 0.6 is 27.7 Å². The summed E-state index contributed by atoms with van der Waals surface area (Å²) >= 11 is 4.57. The number of halogens is 2.